The maximum atomic E-state index is 10.6. The van der Waals surface area contributed by atoms with Crippen LogP contribution in [0.2, 0.25) is 5.02 Å². The van der Waals surface area contributed by atoms with E-state index in [1.54, 1.807) is 12.1 Å². The van der Waals surface area contributed by atoms with E-state index in [2.05, 4.69) is 5.32 Å². The third kappa shape index (κ3) is 2.60. The van der Waals surface area contributed by atoms with Crippen LogP contribution >= 0.6 is 11.6 Å². The van der Waals surface area contributed by atoms with Crippen LogP contribution in [-0.4, -0.2) is 11.5 Å². The topological polar surface area (TPSA) is 55.2 Å². The molecule has 1 aromatic carbocycles. The summed E-state index contributed by atoms with van der Waals surface area (Å²) in [5.74, 6) is 0. The lowest BCUT2D eigenvalue weighted by Gasteiger charge is -2.05. The Balaban J connectivity index is 2.96. The molecule has 76 valence electrons. The van der Waals surface area contributed by atoms with Crippen molar-refractivity contribution >= 4 is 23.0 Å². The molecule has 0 radical (unpaired) electrons. The van der Waals surface area contributed by atoms with Gasteiger partial charge >= 0.3 is 0 Å². The first-order valence-corrected chi connectivity index (χ1v) is 4.70. The second kappa shape index (κ2) is 4.81. The third-order valence-electron chi connectivity index (χ3n) is 1.72. The van der Waals surface area contributed by atoms with Crippen molar-refractivity contribution in [3.05, 3.63) is 33.3 Å². The Morgan fingerprint density at radius 1 is 1.57 bits per heavy atom. The average Bonchev–Trinajstić information content (AvgIpc) is 2.15. The van der Waals surface area contributed by atoms with E-state index >= 15 is 0 Å². The standard InChI is InChI=1S/C9H11ClN2O2/c1-2-5-11-8-4-3-7(10)6-9(8)12(13)14/h3-4,6,11H,2,5H2,1H3. The molecule has 0 saturated carbocycles. The summed E-state index contributed by atoms with van der Waals surface area (Å²) in [6, 6.07) is 4.60. The van der Waals surface area contributed by atoms with Crippen LogP contribution in [0.1, 0.15) is 13.3 Å². The first-order chi connectivity index (χ1) is 6.65. The second-order valence-corrected chi connectivity index (χ2v) is 3.28. The molecule has 0 heterocycles. The zero-order valence-corrected chi connectivity index (χ0v) is 8.54. The predicted molar refractivity (Wildman–Crippen MR) is 56.9 cm³/mol. The molecule has 1 N–H and O–H groups in total. The SMILES string of the molecule is CCCNc1ccc(Cl)cc1[N+](=O)[O-]. The molecule has 0 aliphatic heterocycles. The Hall–Kier alpha value is -1.29. The molecule has 1 rings (SSSR count). The molecule has 0 amide bonds. The van der Waals surface area contributed by atoms with Gasteiger partial charge in [0.1, 0.15) is 5.69 Å². The van der Waals surface area contributed by atoms with Gasteiger partial charge < -0.3 is 5.32 Å². The Kier molecular flexibility index (Phi) is 3.71. The van der Waals surface area contributed by atoms with E-state index in [9.17, 15) is 10.1 Å². The van der Waals surface area contributed by atoms with Crippen LogP contribution in [0.3, 0.4) is 0 Å². The highest BCUT2D eigenvalue weighted by Gasteiger charge is 2.13. The highest BCUT2D eigenvalue weighted by Crippen LogP contribution is 2.27. The molecular formula is C9H11ClN2O2. The smallest absolute Gasteiger partial charge is 0.293 e. The summed E-state index contributed by atoms with van der Waals surface area (Å²) in [4.78, 5) is 10.2. The van der Waals surface area contributed by atoms with Gasteiger partial charge in [0.25, 0.3) is 5.69 Å². The number of hydrogen-bond acceptors (Lipinski definition) is 3. The summed E-state index contributed by atoms with van der Waals surface area (Å²) in [7, 11) is 0. The number of halogens is 1. The highest BCUT2D eigenvalue weighted by atomic mass is 35.5. The molecular weight excluding hydrogens is 204 g/mol. The summed E-state index contributed by atoms with van der Waals surface area (Å²) in [5.41, 5.74) is 0.534. The van der Waals surface area contributed by atoms with Crippen molar-refractivity contribution in [1.82, 2.24) is 0 Å². The zero-order chi connectivity index (χ0) is 10.6. The Morgan fingerprint density at radius 3 is 2.86 bits per heavy atom. The molecule has 4 nitrogen and oxygen atoms in total. The number of anilines is 1. The zero-order valence-electron chi connectivity index (χ0n) is 7.79. The summed E-state index contributed by atoms with van der Waals surface area (Å²) >= 11 is 5.66. The van der Waals surface area contributed by atoms with Gasteiger partial charge in [-0.3, -0.25) is 10.1 Å². The molecule has 0 unspecified atom stereocenters. The Bertz CT molecular complexity index is 342. The number of benzene rings is 1. The maximum Gasteiger partial charge on any atom is 0.293 e. The molecule has 1 aromatic rings. The first kappa shape index (κ1) is 10.8. The maximum absolute atomic E-state index is 10.6. The first-order valence-electron chi connectivity index (χ1n) is 4.33. The second-order valence-electron chi connectivity index (χ2n) is 2.85. The van der Waals surface area contributed by atoms with Gasteiger partial charge in [0.15, 0.2) is 0 Å². The summed E-state index contributed by atoms with van der Waals surface area (Å²) in [6.07, 6.45) is 0.916. The number of hydrogen-bond donors (Lipinski definition) is 1. The van der Waals surface area contributed by atoms with Crippen LogP contribution in [0, 0.1) is 10.1 Å². The van der Waals surface area contributed by atoms with Crippen LogP contribution in [0.25, 0.3) is 0 Å². The lowest BCUT2D eigenvalue weighted by molar-refractivity contribution is -0.383. The normalized spacial score (nSPS) is 9.86. The van der Waals surface area contributed by atoms with Crippen molar-refractivity contribution in [3.63, 3.8) is 0 Å². The van der Waals surface area contributed by atoms with E-state index in [1.165, 1.54) is 6.07 Å². The number of rotatable bonds is 4. The van der Waals surface area contributed by atoms with Gasteiger partial charge in [-0.15, -0.1) is 0 Å². The van der Waals surface area contributed by atoms with Gasteiger partial charge in [-0.25, -0.2) is 0 Å². The molecule has 0 bridgehead atoms. The van der Waals surface area contributed by atoms with Crippen molar-refractivity contribution < 1.29 is 4.92 Å². The fourth-order valence-corrected chi connectivity index (χ4v) is 1.23. The number of nitrogens with one attached hydrogen (secondary N) is 1. The van der Waals surface area contributed by atoms with Gasteiger partial charge in [-0.2, -0.15) is 0 Å². The van der Waals surface area contributed by atoms with Crippen molar-refractivity contribution in [2.24, 2.45) is 0 Å². The van der Waals surface area contributed by atoms with Gasteiger partial charge in [-0.1, -0.05) is 18.5 Å². The highest BCUT2D eigenvalue weighted by molar-refractivity contribution is 6.30. The molecule has 0 atom stereocenters. The van der Waals surface area contributed by atoms with Crippen LogP contribution < -0.4 is 5.32 Å². The van der Waals surface area contributed by atoms with E-state index in [0.29, 0.717) is 17.3 Å². The molecule has 0 saturated heterocycles. The monoisotopic (exact) mass is 214 g/mol. The van der Waals surface area contributed by atoms with Crippen LogP contribution in [0.4, 0.5) is 11.4 Å². The summed E-state index contributed by atoms with van der Waals surface area (Å²) in [5, 5.41) is 14.0. The lowest BCUT2D eigenvalue weighted by Crippen LogP contribution is -2.02. The number of nitrogens with zero attached hydrogens (tertiary/aromatic N) is 1. The minimum absolute atomic E-state index is 0.0194. The average molecular weight is 215 g/mol. The molecule has 0 aromatic heterocycles. The van der Waals surface area contributed by atoms with E-state index < -0.39 is 4.92 Å². The van der Waals surface area contributed by atoms with E-state index in [-0.39, 0.29) is 5.69 Å². The summed E-state index contributed by atoms with van der Waals surface area (Å²) in [6.45, 7) is 2.71. The fraction of sp³-hybridized carbons (Fsp3) is 0.333. The molecule has 5 heteroatoms. The van der Waals surface area contributed by atoms with Gasteiger partial charge in [-0.05, 0) is 18.6 Å². The molecule has 0 aliphatic rings. The van der Waals surface area contributed by atoms with Gasteiger partial charge in [0.05, 0.1) is 4.92 Å². The van der Waals surface area contributed by atoms with Gasteiger partial charge in [0.2, 0.25) is 0 Å². The molecule has 0 fully saturated rings. The van der Waals surface area contributed by atoms with Crippen LogP contribution in [0.15, 0.2) is 18.2 Å². The van der Waals surface area contributed by atoms with E-state index in [1.807, 2.05) is 6.92 Å². The molecule has 0 aliphatic carbocycles. The fourth-order valence-electron chi connectivity index (χ4n) is 1.07. The van der Waals surface area contributed by atoms with Gasteiger partial charge in [0, 0.05) is 17.6 Å². The third-order valence-corrected chi connectivity index (χ3v) is 1.96. The van der Waals surface area contributed by atoms with Crippen molar-refractivity contribution in [2.75, 3.05) is 11.9 Å². The quantitative estimate of drug-likeness (QED) is 0.619. The molecule has 0 spiro atoms. The van der Waals surface area contributed by atoms with Crippen LogP contribution in [0.5, 0.6) is 0 Å². The van der Waals surface area contributed by atoms with Crippen molar-refractivity contribution in [1.29, 1.82) is 0 Å². The van der Waals surface area contributed by atoms with Crippen LogP contribution in [-0.2, 0) is 0 Å². The van der Waals surface area contributed by atoms with E-state index in [0.717, 1.165) is 6.42 Å². The summed E-state index contributed by atoms with van der Waals surface area (Å²) < 4.78 is 0. The predicted octanol–water partition coefficient (Wildman–Crippen LogP) is 3.07. The largest absolute Gasteiger partial charge is 0.380 e. The van der Waals surface area contributed by atoms with E-state index in [4.69, 9.17) is 11.6 Å². The Labute approximate surface area is 87.0 Å². The molecule has 14 heavy (non-hydrogen) atoms. The Morgan fingerprint density at radius 2 is 2.29 bits per heavy atom. The minimum Gasteiger partial charge on any atom is -0.380 e. The number of nitro benzene ring substituents is 1. The minimum atomic E-state index is -0.441. The van der Waals surface area contributed by atoms with Crippen molar-refractivity contribution in [3.8, 4) is 0 Å². The lowest BCUT2D eigenvalue weighted by atomic mass is 10.2. The number of nitro groups is 1. The van der Waals surface area contributed by atoms with Crippen molar-refractivity contribution in [2.45, 2.75) is 13.3 Å².